The van der Waals surface area contributed by atoms with Gasteiger partial charge in [0.15, 0.2) is 0 Å². The van der Waals surface area contributed by atoms with Crippen molar-refractivity contribution in [1.82, 2.24) is 0 Å². The Morgan fingerprint density at radius 2 is 0.500 bits per heavy atom. The molecular weight excluding hydrogens is 139 g/mol. The van der Waals surface area contributed by atoms with Gasteiger partial charge in [-0.05, 0) is 0 Å². The molecule has 24 valence electrons. The van der Waals surface area contributed by atoms with E-state index in [1.807, 2.05) is 0 Å². The largest absolute Gasteiger partial charge is 4.00 e. The van der Waals surface area contributed by atoms with Crippen LogP contribution in [0.4, 0.5) is 0 Å². The topological polar surface area (TPSA) is 85.5 Å². The minimum Gasteiger partial charge on any atom is -2.00 e. The van der Waals surface area contributed by atoms with E-state index in [-0.39, 0.29) is 42.6 Å². The van der Waals surface area contributed by atoms with E-state index in [9.17, 15) is 0 Å². The molecule has 0 aromatic carbocycles. The van der Waals surface area contributed by atoms with Crippen molar-refractivity contribution < 1.29 is 42.6 Å². The summed E-state index contributed by atoms with van der Waals surface area (Å²) in [6.07, 6.45) is 0. The van der Waals surface area contributed by atoms with Crippen molar-refractivity contribution in [2.45, 2.75) is 0 Å². The molecular formula is O3Zr-2. The average molecular weight is 139 g/mol. The van der Waals surface area contributed by atoms with E-state index in [1.165, 1.54) is 0 Å². The summed E-state index contributed by atoms with van der Waals surface area (Å²) in [7, 11) is 0. The minimum absolute atomic E-state index is 0. The van der Waals surface area contributed by atoms with Crippen LogP contribution in [0.15, 0.2) is 0 Å². The maximum atomic E-state index is 0. The fraction of sp³-hybridized carbons (Fsp3) is 0. The van der Waals surface area contributed by atoms with Gasteiger partial charge in [-0.2, -0.15) is 0 Å². The maximum absolute atomic E-state index is 0. The van der Waals surface area contributed by atoms with Crippen molar-refractivity contribution in [2.75, 3.05) is 0 Å². The summed E-state index contributed by atoms with van der Waals surface area (Å²) in [6.45, 7) is 0. The summed E-state index contributed by atoms with van der Waals surface area (Å²) in [4.78, 5) is 0. The van der Waals surface area contributed by atoms with E-state index < -0.39 is 0 Å². The zero-order chi connectivity index (χ0) is 0. The van der Waals surface area contributed by atoms with Gasteiger partial charge in [-0.1, -0.05) is 0 Å². The van der Waals surface area contributed by atoms with Crippen LogP contribution in [0, 0.1) is 0 Å². The fourth-order valence-electron chi connectivity index (χ4n) is 0. The monoisotopic (exact) mass is 138 g/mol. The van der Waals surface area contributed by atoms with Gasteiger partial charge < -0.3 is 16.4 Å². The van der Waals surface area contributed by atoms with Gasteiger partial charge in [0.05, 0.1) is 0 Å². The summed E-state index contributed by atoms with van der Waals surface area (Å²) >= 11 is 0. The first-order valence-corrected chi connectivity index (χ1v) is 0. The first-order chi connectivity index (χ1) is 0. The first-order valence-electron chi connectivity index (χ1n) is 0. The number of hydrogen-bond acceptors (Lipinski definition) is 0. The molecule has 0 unspecified atom stereocenters. The molecule has 0 saturated carbocycles. The van der Waals surface area contributed by atoms with E-state index in [2.05, 4.69) is 0 Å². The molecule has 0 amide bonds. The van der Waals surface area contributed by atoms with Crippen molar-refractivity contribution in [3.8, 4) is 0 Å². The molecule has 3 nitrogen and oxygen atoms in total. The molecule has 0 atom stereocenters. The molecule has 0 bridgehead atoms. The molecule has 4 heavy (non-hydrogen) atoms. The minimum atomic E-state index is 0. The molecule has 0 N–H and O–H groups in total. The third-order valence-electron chi connectivity index (χ3n) is 0. The third-order valence-corrected chi connectivity index (χ3v) is 0. The standard InChI is InChI=1S/3O.Zr/q3*-2;+4. The zero-order valence-corrected chi connectivity index (χ0v) is 4.18. The maximum Gasteiger partial charge on any atom is 4.00 e. The Balaban J connectivity index is 0. The summed E-state index contributed by atoms with van der Waals surface area (Å²) in [5.41, 5.74) is 0. The van der Waals surface area contributed by atoms with E-state index >= 15 is 0 Å². The smallest absolute Gasteiger partial charge is 2.00 e. The SMILES string of the molecule is [O-2].[O-2].[O-2].[Zr+4]. The summed E-state index contributed by atoms with van der Waals surface area (Å²) in [5.74, 6) is 0. The molecule has 0 aliphatic rings. The number of rotatable bonds is 0. The van der Waals surface area contributed by atoms with Gasteiger partial charge in [-0.25, -0.2) is 0 Å². The van der Waals surface area contributed by atoms with Crippen LogP contribution in [0.5, 0.6) is 0 Å². The average Bonchev–Trinajstić information content (AvgIpc) is 0. The Hall–Kier alpha value is 0.763. The molecule has 0 fully saturated rings. The molecule has 0 aromatic rings. The van der Waals surface area contributed by atoms with Gasteiger partial charge in [-0.3, -0.25) is 0 Å². The molecule has 0 aliphatic carbocycles. The molecule has 0 spiro atoms. The predicted octanol–water partition coefficient (Wildman–Crippen LogP) is -0.359. The van der Waals surface area contributed by atoms with E-state index in [0.29, 0.717) is 0 Å². The van der Waals surface area contributed by atoms with Gasteiger partial charge in [0.2, 0.25) is 0 Å². The van der Waals surface area contributed by atoms with Crippen LogP contribution >= 0.6 is 0 Å². The predicted molar refractivity (Wildman–Crippen MR) is 2.06 cm³/mol. The van der Waals surface area contributed by atoms with Crippen molar-refractivity contribution in [3.63, 3.8) is 0 Å². The van der Waals surface area contributed by atoms with Crippen LogP contribution in [-0.4, -0.2) is 0 Å². The second-order valence-electron chi connectivity index (χ2n) is 0. The van der Waals surface area contributed by atoms with Gasteiger partial charge >= 0.3 is 26.2 Å². The third kappa shape index (κ3) is 14.7. The van der Waals surface area contributed by atoms with Crippen LogP contribution in [0.1, 0.15) is 0 Å². The van der Waals surface area contributed by atoms with E-state index in [1.54, 1.807) is 0 Å². The molecule has 0 aromatic heterocycles. The Kier molecular flexibility index (Phi) is 1430. The van der Waals surface area contributed by atoms with Crippen molar-refractivity contribution in [3.05, 3.63) is 0 Å². The summed E-state index contributed by atoms with van der Waals surface area (Å²) in [5, 5.41) is 0. The summed E-state index contributed by atoms with van der Waals surface area (Å²) < 4.78 is 0. The fourth-order valence-corrected chi connectivity index (χ4v) is 0. The molecule has 0 radical (unpaired) electrons. The Morgan fingerprint density at radius 1 is 0.500 bits per heavy atom. The molecule has 4 heteroatoms. The van der Waals surface area contributed by atoms with Crippen LogP contribution < -0.4 is 0 Å². The Labute approximate surface area is 43.1 Å². The van der Waals surface area contributed by atoms with Crippen molar-refractivity contribution in [2.24, 2.45) is 0 Å². The quantitative estimate of drug-likeness (QED) is 0.439. The zero-order valence-electron chi connectivity index (χ0n) is 1.72. The Bertz CT molecular complexity index is 3.25. The van der Waals surface area contributed by atoms with Crippen LogP contribution in [0.25, 0.3) is 0 Å². The second kappa shape index (κ2) is 49.3. The summed E-state index contributed by atoms with van der Waals surface area (Å²) in [6, 6.07) is 0. The van der Waals surface area contributed by atoms with E-state index in [4.69, 9.17) is 0 Å². The van der Waals surface area contributed by atoms with E-state index in [0.717, 1.165) is 0 Å². The van der Waals surface area contributed by atoms with Crippen molar-refractivity contribution in [1.29, 1.82) is 0 Å². The van der Waals surface area contributed by atoms with Gasteiger partial charge in [0, 0.05) is 0 Å². The van der Waals surface area contributed by atoms with Crippen molar-refractivity contribution >= 4 is 0 Å². The molecule has 0 saturated heterocycles. The second-order valence-corrected chi connectivity index (χ2v) is 0. The molecule has 0 heterocycles. The van der Waals surface area contributed by atoms with Gasteiger partial charge in [0.25, 0.3) is 0 Å². The molecule has 0 aliphatic heterocycles. The van der Waals surface area contributed by atoms with Crippen LogP contribution in [-0.2, 0) is 42.6 Å². The first kappa shape index (κ1) is 116. The molecule has 0 rings (SSSR count). The van der Waals surface area contributed by atoms with Gasteiger partial charge in [0.1, 0.15) is 0 Å². The Morgan fingerprint density at radius 3 is 0.500 bits per heavy atom. The van der Waals surface area contributed by atoms with Crippen LogP contribution in [0.3, 0.4) is 0 Å². The van der Waals surface area contributed by atoms with Crippen LogP contribution in [0.2, 0.25) is 0 Å². The normalized spacial score (nSPS) is 0. The van der Waals surface area contributed by atoms with Gasteiger partial charge in [-0.15, -0.1) is 0 Å². The number of hydrogen-bond donors (Lipinski definition) is 0.